The second-order valence-electron chi connectivity index (χ2n) is 5.29. The van der Waals surface area contributed by atoms with Gasteiger partial charge in [-0.2, -0.15) is 13.2 Å². The topological polar surface area (TPSA) is 56.0 Å². The Labute approximate surface area is 140 Å². The molecule has 0 amide bonds. The van der Waals surface area contributed by atoms with E-state index in [1.165, 1.54) is 18.2 Å². The van der Waals surface area contributed by atoms with Crippen LogP contribution in [0.15, 0.2) is 54.6 Å². The van der Waals surface area contributed by atoms with Gasteiger partial charge >= 0.3 is 6.18 Å². The second kappa shape index (κ2) is 6.35. The lowest BCUT2D eigenvalue weighted by molar-refractivity contribution is -0.383. The zero-order valence-electron chi connectivity index (χ0n) is 12.7. The third-order valence-electron chi connectivity index (χ3n) is 3.61. The molecule has 0 N–H and O–H groups in total. The lowest BCUT2D eigenvalue weighted by atomic mass is 10.1. The molecule has 25 heavy (non-hydrogen) atoms. The van der Waals surface area contributed by atoms with Gasteiger partial charge in [-0.05, 0) is 42.0 Å². The number of rotatable bonds is 3. The highest BCUT2D eigenvalue weighted by molar-refractivity contribution is 5.88. The van der Waals surface area contributed by atoms with E-state index in [0.717, 1.165) is 12.1 Å². The normalized spacial score (nSPS) is 12.0. The third kappa shape index (κ3) is 3.65. The van der Waals surface area contributed by atoms with Gasteiger partial charge < -0.3 is 0 Å². The first-order valence-corrected chi connectivity index (χ1v) is 7.24. The van der Waals surface area contributed by atoms with Gasteiger partial charge in [0.1, 0.15) is 0 Å². The molecule has 0 spiro atoms. The maximum atomic E-state index is 12.5. The fourth-order valence-corrected chi connectivity index (χ4v) is 2.37. The van der Waals surface area contributed by atoms with E-state index in [2.05, 4.69) is 4.98 Å². The van der Waals surface area contributed by atoms with Crippen LogP contribution in [0.3, 0.4) is 0 Å². The van der Waals surface area contributed by atoms with Gasteiger partial charge in [-0.25, -0.2) is 4.98 Å². The summed E-state index contributed by atoms with van der Waals surface area (Å²) in [6.07, 6.45) is -1.09. The zero-order chi connectivity index (χ0) is 18.0. The highest BCUT2D eigenvalue weighted by atomic mass is 19.4. The summed E-state index contributed by atoms with van der Waals surface area (Å²) in [7, 11) is 0. The number of non-ortho nitro benzene ring substituents is 1. The summed E-state index contributed by atoms with van der Waals surface area (Å²) < 4.78 is 37.6. The van der Waals surface area contributed by atoms with Crippen LogP contribution in [0.1, 0.15) is 16.8 Å². The molecule has 1 aromatic heterocycles. The maximum absolute atomic E-state index is 12.5. The number of aromatic nitrogens is 1. The van der Waals surface area contributed by atoms with E-state index < -0.39 is 16.7 Å². The Kier molecular flexibility index (Phi) is 4.22. The lowest BCUT2D eigenvalue weighted by Crippen LogP contribution is -2.03. The minimum absolute atomic E-state index is 0.0248. The summed E-state index contributed by atoms with van der Waals surface area (Å²) in [5.41, 5.74) is 0.884. The Balaban J connectivity index is 1.88. The summed E-state index contributed by atoms with van der Waals surface area (Å²) in [4.78, 5) is 14.8. The highest BCUT2D eigenvalue weighted by Gasteiger charge is 2.29. The molecule has 0 aliphatic carbocycles. The number of hydrogen-bond donors (Lipinski definition) is 0. The number of halogens is 3. The smallest absolute Gasteiger partial charge is 0.258 e. The van der Waals surface area contributed by atoms with Crippen LogP contribution in [0.4, 0.5) is 18.9 Å². The van der Waals surface area contributed by atoms with Crippen molar-refractivity contribution in [2.24, 2.45) is 0 Å². The molecule has 1 heterocycles. The Bertz CT molecular complexity index is 964. The second-order valence-corrected chi connectivity index (χ2v) is 5.29. The Morgan fingerprint density at radius 3 is 2.32 bits per heavy atom. The Morgan fingerprint density at radius 2 is 1.68 bits per heavy atom. The van der Waals surface area contributed by atoms with E-state index in [0.29, 0.717) is 22.2 Å². The van der Waals surface area contributed by atoms with Crippen molar-refractivity contribution in [2.75, 3.05) is 0 Å². The molecule has 0 aliphatic heterocycles. The van der Waals surface area contributed by atoms with Gasteiger partial charge in [-0.15, -0.1) is 0 Å². The molecule has 0 radical (unpaired) electrons. The number of pyridine rings is 1. The summed E-state index contributed by atoms with van der Waals surface area (Å²) in [5.74, 6) is 0. The predicted octanol–water partition coefficient (Wildman–Crippen LogP) is 5.33. The van der Waals surface area contributed by atoms with Crippen LogP contribution in [0.25, 0.3) is 23.1 Å². The Morgan fingerprint density at radius 1 is 0.960 bits per heavy atom. The van der Waals surface area contributed by atoms with E-state index in [-0.39, 0.29) is 5.69 Å². The lowest BCUT2D eigenvalue weighted by Gasteiger charge is -2.05. The van der Waals surface area contributed by atoms with Crippen molar-refractivity contribution in [3.05, 3.63) is 81.5 Å². The molecule has 3 rings (SSSR count). The molecule has 126 valence electrons. The van der Waals surface area contributed by atoms with E-state index in [1.807, 2.05) is 0 Å². The van der Waals surface area contributed by atoms with E-state index in [9.17, 15) is 23.3 Å². The molecular weight excluding hydrogens is 333 g/mol. The van der Waals surface area contributed by atoms with Crippen molar-refractivity contribution >= 4 is 28.7 Å². The van der Waals surface area contributed by atoms with Crippen LogP contribution >= 0.6 is 0 Å². The van der Waals surface area contributed by atoms with Gasteiger partial charge in [-0.3, -0.25) is 10.1 Å². The monoisotopic (exact) mass is 344 g/mol. The van der Waals surface area contributed by atoms with Crippen LogP contribution in [0, 0.1) is 10.1 Å². The first-order chi connectivity index (χ1) is 11.8. The van der Waals surface area contributed by atoms with Crippen molar-refractivity contribution in [3.8, 4) is 0 Å². The summed E-state index contributed by atoms with van der Waals surface area (Å²) in [6.45, 7) is 0. The van der Waals surface area contributed by atoms with Crippen molar-refractivity contribution < 1.29 is 18.1 Å². The molecule has 0 fully saturated rings. The number of fused-ring (bicyclic) bond motifs is 1. The van der Waals surface area contributed by atoms with Crippen molar-refractivity contribution in [2.45, 2.75) is 6.18 Å². The Hall–Kier alpha value is -3.22. The van der Waals surface area contributed by atoms with Crippen molar-refractivity contribution in [3.63, 3.8) is 0 Å². The number of nitro groups is 1. The summed E-state index contributed by atoms with van der Waals surface area (Å²) in [5, 5.41) is 11.4. The first-order valence-electron chi connectivity index (χ1n) is 7.24. The first kappa shape index (κ1) is 16.6. The predicted molar refractivity (Wildman–Crippen MR) is 88.8 cm³/mol. The van der Waals surface area contributed by atoms with Gasteiger partial charge in [0.05, 0.1) is 27.1 Å². The molecule has 0 unspecified atom stereocenters. The van der Waals surface area contributed by atoms with Gasteiger partial charge in [0, 0.05) is 6.07 Å². The average molecular weight is 344 g/mol. The zero-order valence-corrected chi connectivity index (χ0v) is 12.7. The minimum atomic E-state index is -4.36. The van der Waals surface area contributed by atoms with Crippen molar-refractivity contribution in [1.29, 1.82) is 0 Å². The van der Waals surface area contributed by atoms with Gasteiger partial charge in [0.15, 0.2) is 0 Å². The molecule has 0 saturated heterocycles. The largest absolute Gasteiger partial charge is 0.416 e. The summed E-state index contributed by atoms with van der Waals surface area (Å²) >= 11 is 0. The fraction of sp³-hybridized carbons (Fsp3) is 0.0556. The number of nitro benzene ring substituents is 1. The van der Waals surface area contributed by atoms with Gasteiger partial charge in [-0.1, -0.05) is 24.3 Å². The third-order valence-corrected chi connectivity index (χ3v) is 3.61. The van der Waals surface area contributed by atoms with Crippen molar-refractivity contribution in [1.82, 2.24) is 4.98 Å². The minimum Gasteiger partial charge on any atom is -0.258 e. The molecule has 3 aromatic rings. The number of alkyl halides is 3. The average Bonchev–Trinajstić information content (AvgIpc) is 2.58. The molecule has 4 nitrogen and oxygen atoms in total. The van der Waals surface area contributed by atoms with Crippen LogP contribution in [0.5, 0.6) is 0 Å². The maximum Gasteiger partial charge on any atom is 0.416 e. The van der Waals surface area contributed by atoms with Gasteiger partial charge in [0.2, 0.25) is 0 Å². The quantitative estimate of drug-likeness (QED) is 0.476. The van der Waals surface area contributed by atoms with E-state index >= 15 is 0 Å². The summed E-state index contributed by atoms with van der Waals surface area (Å²) in [6, 6.07) is 12.6. The molecule has 0 aliphatic rings. The molecule has 7 heteroatoms. The number of benzene rings is 2. The van der Waals surface area contributed by atoms with Crippen LogP contribution in [0.2, 0.25) is 0 Å². The molecule has 0 atom stereocenters. The van der Waals surface area contributed by atoms with Crippen LogP contribution < -0.4 is 0 Å². The molecular formula is C18H11F3N2O2. The molecule has 0 saturated carbocycles. The molecule has 0 bridgehead atoms. The molecule has 2 aromatic carbocycles. The van der Waals surface area contributed by atoms with Gasteiger partial charge in [0.25, 0.3) is 5.69 Å². The van der Waals surface area contributed by atoms with Crippen LogP contribution in [-0.2, 0) is 6.18 Å². The van der Waals surface area contributed by atoms with E-state index in [1.54, 1.807) is 36.4 Å². The number of nitrogens with zero attached hydrogens (tertiary/aromatic N) is 2. The van der Waals surface area contributed by atoms with E-state index in [4.69, 9.17) is 0 Å². The number of hydrogen-bond acceptors (Lipinski definition) is 3. The SMILES string of the molecule is O=[N+]([O-])c1cccc2nc(/C=C/c3ccc(C(F)(F)F)cc3)ccc12. The fourth-order valence-electron chi connectivity index (χ4n) is 2.37. The highest BCUT2D eigenvalue weighted by Crippen LogP contribution is 2.29. The van der Waals surface area contributed by atoms with Crippen LogP contribution in [-0.4, -0.2) is 9.91 Å². The standard InChI is InChI=1S/C18H11F3N2O2/c19-18(20,21)13-7-4-12(5-8-13)6-9-14-10-11-15-16(22-14)2-1-3-17(15)23(24)25/h1-11H/b9-6+.